The van der Waals surface area contributed by atoms with Crippen LogP contribution in [0.5, 0.6) is 5.75 Å². The second kappa shape index (κ2) is 8.54. The van der Waals surface area contributed by atoms with Crippen molar-refractivity contribution in [3.8, 4) is 17.1 Å². The summed E-state index contributed by atoms with van der Waals surface area (Å²) in [5.74, 6) is 6.58. The molecule has 2 aromatic carbocycles. The highest BCUT2D eigenvalue weighted by Gasteiger charge is 2.16. The van der Waals surface area contributed by atoms with Crippen LogP contribution in [-0.2, 0) is 11.3 Å². The Hall–Kier alpha value is -3.07. The van der Waals surface area contributed by atoms with Gasteiger partial charge in [0.25, 0.3) is 0 Å². The molecule has 0 saturated heterocycles. The molecule has 3 rings (SSSR count). The molecule has 0 bridgehead atoms. The van der Waals surface area contributed by atoms with E-state index in [2.05, 4.69) is 15.5 Å². The molecule has 0 saturated carbocycles. The van der Waals surface area contributed by atoms with E-state index in [4.69, 9.17) is 10.6 Å². The van der Waals surface area contributed by atoms with Gasteiger partial charge in [0.05, 0.1) is 18.4 Å². The first-order chi connectivity index (χ1) is 13.1. The number of methoxy groups -OCH3 is 1. The molecule has 0 radical (unpaired) electrons. The molecule has 0 spiro atoms. The Balaban J connectivity index is 1.61. The van der Waals surface area contributed by atoms with Crippen LogP contribution in [-0.4, -0.2) is 33.6 Å². The topological polar surface area (TPSA) is 95.1 Å². The molecule has 1 heterocycles. The highest BCUT2D eigenvalue weighted by Crippen LogP contribution is 2.29. The van der Waals surface area contributed by atoms with Crippen molar-refractivity contribution < 1.29 is 13.9 Å². The number of thioether (sulfide) groups is 1. The minimum Gasteiger partial charge on any atom is -0.496 e. The monoisotopic (exact) mass is 387 g/mol. The van der Waals surface area contributed by atoms with Gasteiger partial charge in [-0.05, 0) is 18.2 Å². The number of para-hydroxylation sites is 1. The smallest absolute Gasteiger partial charge is 0.230 e. The summed E-state index contributed by atoms with van der Waals surface area (Å²) in [7, 11) is 1.56. The van der Waals surface area contributed by atoms with Gasteiger partial charge in [0, 0.05) is 12.1 Å². The number of hydrogen-bond acceptors (Lipinski definition) is 6. The second-order valence-electron chi connectivity index (χ2n) is 5.53. The van der Waals surface area contributed by atoms with E-state index in [1.807, 2.05) is 18.2 Å². The van der Waals surface area contributed by atoms with Crippen LogP contribution in [0.25, 0.3) is 11.4 Å². The first-order valence-corrected chi connectivity index (χ1v) is 9.05. The maximum Gasteiger partial charge on any atom is 0.230 e. The van der Waals surface area contributed by atoms with Crippen LogP contribution in [0.15, 0.2) is 53.7 Å². The molecule has 0 aliphatic heterocycles. The van der Waals surface area contributed by atoms with E-state index in [9.17, 15) is 9.18 Å². The van der Waals surface area contributed by atoms with E-state index in [0.717, 1.165) is 11.8 Å². The molecular formula is C18H18FN5O2S. The second-order valence-corrected chi connectivity index (χ2v) is 6.48. The van der Waals surface area contributed by atoms with E-state index < -0.39 is 0 Å². The van der Waals surface area contributed by atoms with Gasteiger partial charge < -0.3 is 15.9 Å². The number of nitrogens with one attached hydrogen (secondary N) is 1. The number of nitrogen functional groups attached to an aromatic ring is 1. The van der Waals surface area contributed by atoms with Crippen LogP contribution in [0.2, 0.25) is 0 Å². The predicted molar refractivity (Wildman–Crippen MR) is 101 cm³/mol. The summed E-state index contributed by atoms with van der Waals surface area (Å²) in [4.78, 5) is 12.0. The van der Waals surface area contributed by atoms with Crippen molar-refractivity contribution >= 4 is 17.7 Å². The fourth-order valence-corrected chi connectivity index (χ4v) is 3.09. The summed E-state index contributed by atoms with van der Waals surface area (Å²) in [5.41, 5.74) is 1.13. The average molecular weight is 387 g/mol. The first-order valence-electron chi connectivity index (χ1n) is 8.07. The summed E-state index contributed by atoms with van der Waals surface area (Å²) in [6.45, 7) is 0.119. The molecule has 9 heteroatoms. The number of ether oxygens (including phenoxy) is 1. The molecule has 0 fully saturated rings. The average Bonchev–Trinajstić information content (AvgIpc) is 3.06. The normalized spacial score (nSPS) is 10.6. The van der Waals surface area contributed by atoms with Crippen molar-refractivity contribution in [3.05, 3.63) is 59.9 Å². The zero-order chi connectivity index (χ0) is 19.2. The largest absolute Gasteiger partial charge is 0.496 e. The lowest BCUT2D eigenvalue weighted by Gasteiger charge is -2.08. The minimum atomic E-state index is -0.353. The van der Waals surface area contributed by atoms with Gasteiger partial charge >= 0.3 is 0 Å². The standard InChI is InChI=1S/C18H18FN5O2S/c1-26-15-9-5-3-7-13(15)17-22-23-18(24(17)20)27-11-16(25)21-10-12-6-2-4-8-14(12)19/h2-9H,10-11,20H2,1H3,(H,21,25). The lowest BCUT2D eigenvalue weighted by atomic mass is 10.2. The number of nitrogens with zero attached hydrogens (tertiary/aromatic N) is 3. The van der Waals surface area contributed by atoms with Crippen LogP contribution >= 0.6 is 11.8 Å². The van der Waals surface area contributed by atoms with Crippen LogP contribution in [0, 0.1) is 5.82 Å². The molecule has 0 aliphatic carbocycles. The summed E-state index contributed by atoms with van der Waals surface area (Å²) in [6.07, 6.45) is 0. The maximum absolute atomic E-state index is 13.6. The van der Waals surface area contributed by atoms with Crippen molar-refractivity contribution in [1.29, 1.82) is 0 Å². The Labute approximate surface area is 159 Å². The van der Waals surface area contributed by atoms with Crippen molar-refractivity contribution in [2.75, 3.05) is 18.7 Å². The van der Waals surface area contributed by atoms with Crippen LogP contribution < -0.4 is 15.9 Å². The van der Waals surface area contributed by atoms with Gasteiger partial charge in [-0.3, -0.25) is 4.79 Å². The molecule has 1 amide bonds. The zero-order valence-corrected chi connectivity index (χ0v) is 15.4. The Kier molecular flexibility index (Phi) is 5.92. The zero-order valence-electron chi connectivity index (χ0n) is 14.6. The molecule has 0 atom stereocenters. The molecule has 140 valence electrons. The number of carbonyl (C=O) groups is 1. The summed E-state index contributed by atoms with van der Waals surface area (Å²) < 4.78 is 20.2. The fourth-order valence-electron chi connectivity index (χ4n) is 2.41. The lowest BCUT2D eigenvalue weighted by molar-refractivity contribution is -0.118. The summed E-state index contributed by atoms with van der Waals surface area (Å²) in [5, 5.41) is 11.2. The van der Waals surface area contributed by atoms with Gasteiger partial charge in [-0.15, -0.1) is 10.2 Å². The third kappa shape index (κ3) is 4.37. The SMILES string of the molecule is COc1ccccc1-c1nnc(SCC(=O)NCc2ccccc2F)n1N. The number of halogens is 1. The van der Waals surface area contributed by atoms with Gasteiger partial charge in [-0.25, -0.2) is 9.07 Å². The van der Waals surface area contributed by atoms with E-state index in [1.165, 1.54) is 10.7 Å². The van der Waals surface area contributed by atoms with Crippen molar-refractivity contribution in [2.24, 2.45) is 0 Å². The van der Waals surface area contributed by atoms with E-state index in [1.54, 1.807) is 31.4 Å². The van der Waals surface area contributed by atoms with Gasteiger partial charge in [0.15, 0.2) is 5.82 Å². The van der Waals surface area contributed by atoms with Gasteiger partial charge in [-0.1, -0.05) is 42.1 Å². The van der Waals surface area contributed by atoms with Gasteiger partial charge in [-0.2, -0.15) is 0 Å². The molecule has 1 aromatic heterocycles. The molecule has 7 nitrogen and oxygen atoms in total. The molecule has 3 N–H and O–H groups in total. The van der Waals surface area contributed by atoms with E-state index in [-0.39, 0.29) is 24.0 Å². The van der Waals surface area contributed by atoms with E-state index in [0.29, 0.717) is 27.9 Å². The number of amides is 1. The van der Waals surface area contributed by atoms with Crippen molar-refractivity contribution in [2.45, 2.75) is 11.7 Å². The van der Waals surface area contributed by atoms with E-state index >= 15 is 0 Å². The molecule has 27 heavy (non-hydrogen) atoms. The summed E-state index contributed by atoms with van der Waals surface area (Å²) >= 11 is 1.14. The molecule has 3 aromatic rings. The van der Waals surface area contributed by atoms with Crippen molar-refractivity contribution in [1.82, 2.24) is 20.2 Å². The predicted octanol–water partition coefficient (Wildman–Crippen LogP) is 2.22. The number of hydrogen-bond donors (Lipinski definition) is 2. The summed E-state index contributed by atoms with van der Waals surface area (Å²) in [6, 6.07) is 13.6. The third-order valence-corrected chi connectivity index (χ3v) is 4.72. The molecule has 0 unspecified atom stereocenters. The highest BCUT2D eigenvalue weighted by atomic mass is 32.2. The van der Waals surface area contributed by atoms with Crippen LogP contribution in [0.3, 0.4) is 0 Å². The number of carbonyl (C=O) groups excluding carboxylic acids is 1. The Morgan fingerprint density at radius 2 is 1.96 bits per heavy atom. The van der Waals surface area contributed by atoms with Crippen LogP contribution in [0.1, 0.15) is 5.56 Å². The maximum atomic E-state index is 13.6. The fraction of sp³-hybridized carbons (Fsp3) is 0.167. The molecule has 0 aliphatic rings. The quantitative estimate of drug-likeness (QED) is 0.477. The number of rotatable bonds is 7. The molecular weight excluding hydrogens is 369 g/mol. The van der Waals surface area contributed by atoms with Crippen molar-refractivity contribution in [3.63, 3.8) is 0 Å². The lowest BCUT2D eigenvalue weighted by Crippen LogP contribution is -2.25. The number of nitrogens with two attached hydrogens (primary N) is 1. The highest BCUT2D eigenvalue weighted by molar-refractivity contribution is 7.99. The van der Waals surface area contributed by atoms with Gasteiger partial charge in [0.1, 0.15) is 11.6 Å². The van der Waals surface area contributed by atoms with Gasteiger partial charge in [0.2, 0.25) is 11.1 Å². The first kappa shape index (κ1) is 18.7. The Morgan fingerprint density at radius 1 is 1.22 bits per heavy atom. The Morgan fingerprint density at radius 3 is 2.74 bits per heavy atom. The Bertz CT molecular complexity index is 947. The van der Waals surface area contributed by atoms with Crippen LogP contribution in [0.4, 0.5) is 4.39 Å². The minimum absolute atomic E-state index is 0.0791. The number of aromatic nitrogens is 3. The number of benzene rings is 2. The third-order valence-electron chi connectivity index (χ3n) is 3.78.